The van der Waals surface area contributed by atoms with Crippen molar-refractivity contribution in [2.75, 3.05) is 6.54 Å². The first-order valence-electron chi connectivity index (χ1n) is 7.82. The molecule has 0 spiro atoms. The second-order valence-electron chi connectivity index (χ2n) is 5.71. The molecule has 1 unspecified atom stereocenters. The van der Waals surface area contributed by atoms with E-state index < -0.39 is 0 Å². The monoisotopic (exact) mass is 268 g/mol. The number of aryl methyl sites for hydroxylation is 3. The summed E-state index contributed by atoms with van der Waals surface area (Å²) in [7, 11) is 0. The van der Waals surface area contributed by atoms with Gasteiger partial charge in [0.15, 0.2) is 0 Å². The number of fused-ring (bicyclic) bond motifs is 1. The van der Waals surface area contributed by atoms with Gasteiger partial charge in [-0.3, -0.25) is 0 Å². The zero-order valence-electron chi connectivity index (χ0n) is 12.3. The lowest BCUT2D eigenvalue weighted by molar-refractivity contribution is 0.473. The summed E-state index contributed by atoms with van der Waals surface area (Å²) < 4.78 is 2.38. The van der Waals surface area contributed by atoms with E-state index in [1.165, 1.54) is 30.4 Å². The van der Waals surface area contributed by atoms with E-state index in [2.05, 4.69) is 59.5 Å². The van der Waals surface area contributed by atoms with Crippen LogP contribution < -0.4 is 5.32 Å². The molecule has 0 aliphatic heterocycles. The normalized spacial score (nSPS) is 17.9. The summed E-state index contributed by atoms with van der Waals surface area (Å²) in [5, 5.41) is 3.61. The first-order valence-corrected chi connectivity index (χ1v) is 7.82. The molecular weight excluding hydrogens is 244 g/mol. The molecule has 2 heteroatoms. The van der Waals surface area contributed by atoms with Crippen LogP contribution >= 0.6 is 0 Å². The van der Waals surface area contributed by atoms with Gasteiger partial charge in [0.2, 0.25) is 0 Å². The van der Waals surface area contributed by atoms with Crippen molar-refractivity contribution in [3.05, 3.63) is 59.4 Å². The summed E-state index contributed by atoms with van der Waals surface area (Å²) in [5.41, 5.74) is 4.50. The highest BCUT2D eigenvalue weighted by molar-refractivity contribution is 5.30. The lowest BCUT2D eigenvalue weighted by Gasteiger charge is -2.22. The predicted octanol–water partition coefficient (Wildman–Crippen LogP) is 3.72. The molecule has 2 aromatic rings. The largest absolute Gasteiger partial charge is 0.353 e. The Morgan fingerprint density at radius 1 is 1.20 bits per heavy atom. The van der Waals surface area contributed by atoms with Crippen LogP contribution in [0.2, 0.25) is 0 Å². The van der Waals surface area contributed by atoms with Gasteiger partial charge in [0.05, 0.1) is 0 Å². The third kappa shape index (κ3) is 2.96. The zero-order valence-corrected chi connectivity index (χ0v) is 12.3. The summed E-state index contributed by atoms with van der Waals surface area (Å²) in [6.07, 6.45) is 9.68. The van der Waals surface area contributed by atoms with Crippen molar-refractivity contribution in [3.8, 4) is 0 Å². The van der Waals surface area contributed by atoms with Crippen molar-refractivity contribution in [1.29, 1.82) is 0 Å². The maximum absolute atomic E-state index is 3.61. The third-order valence-corrected chi connectivity index (χ3v) is 4.26. The molecule has 0 radical (unpaired) electrons. The highest BCUT2D eigenvalue weighted by Gasteiger charge is 2.20. The standard InChI is InChI=1S/C18H24N2/c1-2-19-18-10-6-9-16-13-20(14-17(16)18)12-11-15-7-4-3-5-8-15/h3-5,7-8,13-14,18-19H,2,6,9-12H2,1H3. The molecule has 1 heterocycles. The molecule has 0 bridgehead atoms. The van der Waals surface area contributed by atoms with Crippen molar-refractivity contribution < 1.29 is 0 Å². The highest BCUT2D eigenvalue weighted by Crippen LogP contribution is 2.30. The van der Waals surface area contributed by atoms with Crippen molar-refractivity contribution in [2.45, 2.75) is 45.2 Å². The smallest absolute Gasteiger partial charge is 0.0338 e. The molecule has 1 aliphatic carbocycles. The van der Waals surface area contributed by atoms with Gasteiger partial charge >= 0.3 is 0 Å². The fourth-order valence-corrected chi connectivity index (χ4v) is 3.24. The fraction of sp³-hybridized carbons (Fsp3) is 0.444. The van der Waals surface area contributed by atoms with Crippen LogP contribution in [0.5, 0.6) is 0 Å². The molecule has 2 nitrogen and oxygen atoms in total. The molecule has 106 valence electrons. The lowest BCUT2D eigenvalue weighted by atomic mass is 9.91. The minimum atomic E-state index is 0.571. The van der Waals surface area contributed by atoms with Crippen molar-refractivity contribution >= 4 is 0 Å². The summed E-state index contributed by atoms with van der Waals surface area (Å²) in [5.74, 6) is 0. The first kappa shape index (κ1) is 13.4. The van der Waals surface area contributed by atoms with Crippen molar-refractivity contribution in [1.82, 2.24) is 9.88 Å². The maximum Gasteiger partial charge on any atom is 0.0338 e. The second-order valence-corrected chi connectivity index (χ2v) is 5.71. The van der Waals surface area contributed by atoms with Crippen LogP contribution in [0, 0.1) is 0 Å². The maximum atomic E-state index is 3.61. The molecule has 1 aromatic carbocycles. The average Bonchev–Trinajstić information content (AvgIpc) is 2.91. The van der Waals surface area contributed by atoms with E-state index in [9.17, 15) is 0 Å². The molecule has 1 N–H and O–H groups in total. The zero-order chi connectivity index (χ0) is 13.8. The molecule has 1 atom stereocenters. The number of aromatic nitrogens is 1. The Balaban J connectivity index is 1.69. The second kappa shape index (κ2) is 6.27. The molecule has 1 aliphatic rings. The quantitative estimate of drug-likeness (QED) is 0.874. The van der Waals surface area contributed by atoms with E-state index >= 15 is 0 Å². The van der Waals surface area contributed by atoms with Crippen LogP contribution in [0.4, 0.5) is 0 Å². The Kier molecular flexibility index (Phi) is 4.22. The van der Waals surface area contributed by atoms with E-state index in [-0.39, 0.29) is 0 Å². The lowest BCUT2D eigenvalue weighted by Crippen LogP contribution is -2.23. The van der Waals surface area contributed by atoms with Gasteiger partial charge in [-0.05, 0) is 48.9 Å². The minimum absolute atomic E-state index is 0.571. The van der Waals surface area contributed by atoms with E-state index in [1.54, 1.807) is 5.56 Å². The Hall–Kier alpha value is -1.54. The number of nitrogens with one attached hydrogen (secondary N) is 1. The van der Waals surface area contributed by atoms with Crippen molar-refractivity contribution in [3.63, 3.8) is 0 Å². The Morgan fingerprint density at radius 3 is 2.85 bits per heavy atom. The van der Waals surface area contributed by atoms with Gasteiger partial charge < -0.3 is 9.88 Å². The van der Waals surface area contributed by atoms with Gasteiger partial charge in [-0.25, -0.2) is 0 Å². The highest BCUT2D eigenvalue weighted by atomic mass is 15.0. The minimum Gasteiger partial charge on any atom is -0.353 e. The number of nitrogens with zero attached hydrogens (tertiary/aromatic N) is 1. The van der Waals surface area contributed by atoms with Crippen LogP contribution in [-0.2, 0) is 19.4 Å². The summed E-state index contributed by atoms with van der Waals surface area (Å²) in [4.78, 5) is 0. The topological polar surface area (TPSA) is 17.0 Å². The first-order chi connectivity index (χ1) is 9.86. The predicted molar refractivity (Wildman–Crippen MR) is 83.9 cm³/mol. The molecule has 3 rings (SSSR count). The number of benzene rings is 1. The number of hydrogen-bond donors (Lipinski definition) is 1. The van der Waals surface area contributed by atoms with E-state index in [1.807, 2.05) is 0 Å². The van der Waals surface area contributed by atoms with E-state index in [4.69, 9.17) is 0 Å². The van der Waals surface area contributed by atoms with E-state index in [0.717, 1.165) is 19.5 Å². The van der Waals surface area contributed by atoms with E-state index in [0.29, 0.717) is 6.04 Å². The Labute approximate surface area is 121 Å². The molecule has 0 saturated carbocycles. The molecule has 0 saturated heterocycles. The van der Waals surface area contributed by atoms with Gasteiger partial charge in [0, 0.05) is 25.0 Å². The molecule has 0 amide bonds. The fourth-order valence-electron chi connectivity index (χ4n) is 3.24. The number of rotatable bonds is 5. The molecule has 1 aromatic heterocycles. The van der Waals surface area contributed by atoms with Crippen LogP contribution in [0.25, 0.3) is 0 Å². The van der Waals surface area contributed by atoms with Gasteiger partial charge in [0.1, 0.15) is 0 Å². The summed E-state index contributed by atoms with van der Waals surface area (Å²) in [6, 6.07) is 11.3. The molecule has 20 heavy (non-hydrogen) atoms. The van der Waals surface area contributed by atoms with Crippen LogP contribution in [-0.4, -0.2) is 11.1 Å². The Bertz CT molecular complexity index is 542. The van der Waals surface area contributed by atoms with Gasteiger partial charge in [-0.15, -0.1) is 0 Å². The summed E-state index contributed by atoms with van der Waals surface area (Å²) >= 11 is 0. The Morgan fingerprint density at radius 2 is 2.05 bits per heavy atom. The van der Waals surface area contributed by atoms with Gasteiger partial charge in [-0.1, -0.05) is 37.3 Å². The molecular formula is C18H24N2. The van der Waals surface area contributed by atoms with Gasteiger partial charge in [0.25, 0.3) is 0 Å². The SMILES string of the molecule is CCNC1CCCc2cn(CCc3ccccc3)cc21. The number of hydrogen-bond acceptors (Lipinski definition) is 1. The van der Waals surface area contributed by atoms with Crippen LogP contribution in [0.15, 0.2) is 42.7 Å². The van der Waals surface area contributed by atoms with Crippen molar-refractivity contribution in [2.24, 2.45) is 0 Å². The summed E-state index contributed by atoms with van der Waals surface area (Å²) in [6.45, 7) is 4.33. The molecule has 0 fully saturated rings. The van der Waals surface area contributed by atoms with Gasteiger partial charge in [-0.2, -0.15) is 0 Å². The average molecular weight is 268 g/mol. The van der Waals surface area contributed by atoms with Crippen LogP contribution in [0.3, 0.4) is 0 Å². The third-order valence-electron chi connectivity index (χ3n) is 4.26. The van der Waals surface area contributed by atoms with Crippen LogP contribution in [0.1, 0.15) is 42.5 Å².